The molecule has 0 aliphatic carbocycles. The number of benzene rings is 1. The molecule has 1 N–H and O–H groups in total. The zero-order chi connectivity index (χ0) is 15.9. The topological polar surface area (TPSA) is 54.0 Å². The Balaban J connectivity index is 1.92. The van der Waals surface area contributed by atoms with Crippen molar-refractivity contribution in [1.82, 2.24) is 10.2 Å². The van der Waals surface area contributed by atoms with Crippen LogP contribution in [0.25, 0.3) is 0 Å². The minimum absolute atomic E-state index is 0.0468. The van der Waals surface area contributed by atoms with E-state index in [4.69, 9.17) is 9.47 Å². The normalized spacial score (nSPS) is 18.4. The highest BCUT2D eigenvalue weighted by Gasteiger charge is 2.26. The summed E-state index contributed by atoms with van der Waals surface area (Å²) >= 11 is 0. The predicted molar refractivity (Wildman–Crippen MR) is 86.5 cm³/mol. The second kappa shape index (κ2) is 8.00. The Morgan fingerprint density at radius 3 is 3.05 bits per heavy atom. The minimum Gasteiger partial charge on any atom is -0.497 e. The Morgan fingerprint density at radius 2 is 2.32 bits per heavy atom. The zero-order valence-corrected chi connectivity index (χ0v) is 13.5. The molecule has 1 unspecified atom stereocenters. The predicted octanol–water partition coefficient (Wildman–Crippen LogP) is 0.578. The van der Waals surface area contributed by atoms with Gasteiger partial charge in [0.05, 0.1) is 20.3 Å². The Hall–Kier alpha value is -1.79. The Labute approximate surface area is 132 Å². The van der Waals surface area contributed by atoms with Crippen LogP contribution in [-0.2, 0) is 9.53 Å². The van der Waals surface area contributed by atoms with E-state index in [-0.39, 0.29) is 5.91 Å². The van der Waals surface area contributed by atoms with Gasteiger partial charge in [-0.3, -0.25) is 4.79 Å². The van der Waals surface area contributed by atoms with Gasteiger partial charge in [-0.2, -0.15) is 0 Å². The summed E-state index contributed by atoms with van der Waals surface area (Å²) in [5.41, 5.74) is 1.05. The number of anilines is 1. The molecule has 0 saturated carbocycles. The quantitative estimate of drug-likeness (QED) is 0.833. The number of ether oxygens (including phenoxy) is 2. The molecular formula is C16H25N3O3. The SMILES string of the molecule is COc1cccc(N2CCOC(C(=O)NCCN(C)C)C2)c1. The number of amides is 1. The molecule has 0 aromatic heterocycles. The maximum absolute atomic E-state index is 12.2. The van der Waals surface area contributed by atoms with Crippen molar-refractivity contribution in [3.05, 3.63) is 24.3 Å². The third-order valence-electron chi connectivity index (χ3n) is 3.64. The summed E-state index contributed by atoms with van der Waals surface area (Å²) in [6.45, 7) is 3.32. The lowest BCUT2D eigenvalue weighted by atomic mass is 10.2. The molecule has 1 aliphatic rings. The second-order valence-corrected chi connectivity index (χ2v) is 5.60. The van der Waals surface area contributed by atoms with E-state index in [2.05, 4.69) is 10.2 Å². The number of likely N-dealkylation sites (N-methyl/N-ethyl adjacent to an activating group) is 1. The van der Waals surface area contributed by atoms with Gasteiger partial charge in [-0.1, -0.05) is 6.07 Å². The van der Waals surface area contributed by atoms with Gasteiger partial charge in [0.1, 0.15) is 5.75 Å². The molecule has 1 saturated heterocycles. The summed E-state index contributed by atoms with van der Waals surface area (Å²) in [6.07, 6.45) is -0.429. The van der Waals surface area contributed by atoms with Crippen LogP contribution in [0.2, 0.25) is 0 Å². The molecule has 0 bridgehead atoms. The molecule has 1 heterocycles. The molecule has 0 spiro atoms. The highest BCUT2D eigenvalue weighted by Crippen LogP contribution is 2.22. The van der Waals surface area contributed by atoms with E-state index in [0.29, 0.717) is 19.7 Å². The van der Waals surface area contributed by atoms with E-state index < -0.39 is 6.10 Å². The lowest BCUT2D eigenvalue weighted by Crippen LogP contribution is -2.50. The van der Waals surface area contributed by atoms with Crippen LogP contribution in [0.15, 0.2) is 24.3 Å². The summed E-state index contributed by atoms with van der Waals surface area (Å²) in [4.78, 5) is 16.4. The maximum Gasteiger partial charge on any atom is 0.251 e. The Morgan fingerprint density at radius 1 is 1.50 bits per heavy atom. The molecule has 6 heteroatoms. The number of nitrogens with zero attached hydrogens (tertiary/aromatic N) is 2. The van der Waals surface area contributed by atoms with Crippen LogP contribution in [0.3, 0.4) is 0 Å². The molecular weight excluding hydrogens is 282 g/mol. The van der Waals surface area contributed by atoms with Gasteiger partial charge in [0.15, 0.2) is 6.10 Å². The molecule has 22 heavy (non-hydrogen) atoms. The summed E-state index contributed by atoms with van der Waals surface area (Å²) in [5, 5.41) is 2.92. The van der Waals surface area contributed by atoms with Crippen molar-refractivity contribution in [3.8, 4) is 5.75 Å². The van der Waals surface area contributed by atoms with E-state index >= 15 is 0 Å². The maximum atomic E-state index is 12.2. The first kappa shape index (κ1) is 16.6. The van der Waals surface area contributed by atoms with E-state index in [9.17, 15) is 4.79 Å². The average Bonchev–Trinajstić information content (AvgIpc) is 2.54. The van der Waals surface area contributed by atoms with E-state index in [1.165, 1.54) is 0 Å². The standard InChI is InChI=1S/C16H25N3O3/c1-18(2)8-7-17-16(20)15-12-19(9-10-22-15)13-5-4-6-14(11-13)21-3/h4-6,11,15H,7-10,12H2,1-3H3,(H,17,20). The molecule has 1 aliphatic heterocycles. The van der Waals surface area contributed by atoms with Gasteiger partial charge >= 0.3 is 0 Å². The van der Waals surface area contributed by atoms with Crippen molar-refractivity contribution < 1.29 is 14.3 Å². The van der Waals surface area contributed by atoms with Gasteiger partial charge in [-0.05, 0) is 26.2 Å². The fraction of sp³-hybridized carbons (Fsp3) is 0.562. The van der Waals surface area contributed by atoms with Gasteiger partial charge < -0.3 is 24.6 Å². The first-order valence-corrected chi connectivity index (χ1v) is 7.53. The zero-order valence-electron chi connectivity index (χ0n) is 13.5. The molecule has 1 atom stereocenters. The van der Waals surface area contributed by atoms with Crippen LogP contribution in [0.5, 0.6) is 5.75 Å². The first-order chi connectivity index (χ1) is 10.6. The molecule has 1 amide bonds. The van der Waals surface area contributed by atoms with Crippen LogP contribution in [-0.4, -0.2) is 70.9 Å². The van der Waals surface area contributed by atoms with Crippen molar-refractivity contribution >= 4 is 11.6 Å². The molecule has 1 aromatic carbocycles. The molecule has 122 valence electrons. The molecule has 2 rings (SSSR count). The number of carbonyl (C=O) groups is 1. The largest absolute Gasteiger partial charge is 0.497 e. The second-order valence-electron chi connectivity index (χ2n) is 5.60. The van der Waals surface area contributed by atoms with Crippen LogP contribution in [0.4, 0.5) is 5.69 Å². The third kappa shape index (κ3) is 4.61. The summed E-state index contributed by atoms with van der Waals surface area (Å²) in [7, 11) is 5.61. The monoisotopic (exact) mass is 307 g/mol. The van der Waals surface area contributed by atoms with Crippen LogP contribution in [0, 0.1) is 0 Å². The fourth-order valence-electron chi connectivity index (χ4n) is 2.37. The van der Waals surface area contributed by atoms with Gasteiger partial charge in [-0.15, -0.1) is 0 Å². The number of morpholine rings is 1. The number of nitrogens with one attached hydrogen (secondary N) is 1. The van der Waals surface area contributed by atoms with Crippen molar-refractivity contribution in [1.29, 1.82) is 0 Å². The van der Waals surface area contributed by atoms with E-state index in [1.807, 2.05) is 43.3 Å². The highest BCUT2D eigenvalue weighted by molar-refractivity contribution is 5.81. The number of rotatable bonds is 6. The number of carbonyl (C=O) groups excluding carboxylic acids is 1. The van der Waals surface area contributed by atoms with Crippen molar-refractivity contribution in [2.45, 2.75) is 6.10 Å². The smallest absolute Gasteiger partial charge is 0.251 e. The number of hydrogen-bond acceptors (Lipinski definition) is 5. The van der Waals surface area contributed by atoms with Crippen LogP contribution < -0.4 is 15.0 Å². The molecule has 6 nitrogen and oxygen atoms in total. The Bertz CT molecular complexity index is 493. The highest BCUT2D eigenvalue weighted by atomic mass is 16.5. The number of hydrogen-bond donors (Lipinski definition) is 1. The lowest BCUT2D eigenvalue weighted by molar-refractivity contribution is -0.133. The first-order valence-electron chi connectivity index (χ1n) is 7.53. The summed E-state index contributed by atoms with van der Waals surface area (Å²) in [6, 6.07) is 7.87. The van der Waals surface area contributed by atoms with Gasteiger partial charge in [0.2, 0.25) is 0 Å². The van der Waals surface area contributed by atoms with Crippen LogP contribution >= 0.6 is 0 Å². The minimum atomic E-state index is -0.429. The molecule has 0 radical (unpaired) electrons. The van der Waals surface area contributed by atoms with Gasteiger partial charge in [0, 0.05) is 31.4 Å². The Kier molecular flexibility index (Phi) is 6.03. The molecule has 1 aromatic rings. The van der Waals surface area contributed by atoms with Crippen LogP contribution in [0.1, 0.15) is 0 Å². The van der Waals surface area contributed by atoms with Gasteiger partial charge in [-0.25, -0.2) is 0 Å². The molecule has 1 fully saturated rings. The van der Waals surface area contributed by atoms with E-state index in [1.54, 1.807) is 7.11 Å². The van der Waals surface area contributed by atoms with Crippen molar-refractivity contribution in [2.24, 2.45) is 0 Å². The van der Waals surface area contributed by atoms with Crippen molar-refractivity contribution in [3.63, 3.8) is 0 Å². The summed E-state index contributed by atoms with van der Waals surface area (Å²) in [5.74, 6) is 0.769. The number of methoxy groups -OCH3 is 1. The van der Waals surface area contributed by atoms with E-state index in [0.717, 1.165) is 24.5 Å². The van der Waals surface area contributed by atoms with Gasteiger partial charge in [0.25, 0.3) is 5.91 Å². The third-order valence-corrected chi connectivity index (χ3v) is 3.64. The average molecular weight is 307 g/mol. The fourth-order valence-corrected chi connectivity index (χ4v) is 2.37. The summed E-state index contributed by atoms with van der Waals surface area (Å²) < 4.78 is 10.9. The lowest BCUT2D eigenvalue weighted by Gasteiger charge is -2.34. The van der Waals surface area contributed by atoms with Crippen molar-refractivity contribution in [2.75, 3.05) is 58.9 Å².